The van der Waals surface area contributed by atoms with Crippen molar-refractivity contribution in [2.75, 3.05) is 39.9 Å². The third-order valence-electron chi connectivity index (χ3n) is 9.61. The third kappa shape index (κ3) is 3.51. The number of allylic oxidation sites excluding steroid dienone is 4. The van der Waals surface area contributed by atoms with Crippen molar-refractivity contribution in [2.45, 2.75) is 63.5 Å². The lowest BCUT2D eigenvalue weighted by molar-refractivity contribution is -0.206. The van der Waals surface area contributed by atoms with Gasteiger partial charge < -0.3 is 14.7 Å². The minimum Gasteiger partial charge on any atom is -0.378 e. The first kappa shape index (κ1) is 23.8. The van der Waals surface area contributed by atoms with E-state index < -0.39 is 5.72 Å². The molecule has 2 saturated carbocycles. The topological polar surface area (TPSA) is 53.0 Å². The molecule has 34 heavy (non-hydrogen) atoms. The maximum absolute atomic E-state index is 12.2. The number of hydrogen-bond donors (Lipinski definition) is 1. The second-order valence-corrected chi connectivity index (χ2v) is 11.5. The Morgan fingerprint density at radius 3 is 2.50 bits per heavy atom. The van der Waals surface area contributed by atoms with Gasteiger partial charge in [-0.2, -0.15) is 0 Å². The normalized spacial score (nSPS) is 35.1. The summed E-state index contributed by atoms with van der Waals surface area (Å²) in [5.41, 5.74) is 5.73. The van der Waals surface area contributed by atoms with Gasteiger partial charge in [-0.05, 0) is 92.3 Å². The van der Waals surface area contributed by atoms with E-state index in [4.69, 9.17) is 4.74 Å². The first-order chi connectivity index (χ1) is 16.2. The first-order valence-electron chi connectivity index (χ1n) is 12.9. The summed E-state index contributed by atoms with van der Waals surface area (Å²) in [5.74, 6) is 1.44. The molecule has 0 amide bonds. The van der Waals surface area contributed by atoms with Crippen LogP contribution in [0.25, 0.3) is 0 Å². The SMILES string of the molecule is COCN(C)[C@@]1(O)CC[C@H]2[C@@H]3CCC4=CC(=O)CCC4=C3[C@@H](c3ccc(N(C)C)cc3)C[C@@]21C. The summed E-state index contributed by atoms with van der Waals surface area (Å²) in [6.07, 6.45) is 8.23. The summed E-state index contributed by atoms with van der Waals surface area (Å²) < 4.78 is 5.45. The van der Waals surface area contributed by atoms with Crippen molar-refractivity contribution >= 4 is 11.5 Å². The van der Waals surface area contributed by atoms with Gasteiger partial charge in [0, 0.05) is 44.6 Å². The molecule has 0 bridgehead atoms. The number of carbonyl (C=O) groups excluding carboxylic acids is 1. The molecule has 5 heteroatoms. The molecule has 5 rings (SSSR count). The summed E-state index contributed by atoms with van der Waals surface area (Å²) in [6, 6.07) is 9.00. The van der Waals surface area contributed by atoms with E-state index in [-0.39, 0.29) is 17.1 Å². The number of anilines is 1. The van der Waals surface area contributed by atoms with Gasteiger partial charge in [0.25, 0.3) is 0 Å². The van der Waals surface area contributed by atoms with Gasteiger partial charge in [-0.15, -0.1) is 0 Å². The Balaban J connectivity index is 1.64. The zero-order chi connectivity index (χ0) is 24.3. The number of fused-ring (bicyclic) bond motifs is 4. The zero-order valence-electron chi connectivity index (χ0n) is 21.4. The molecule has 0 unspecified atom stereocenters. The third-order valence-corrected chi connectivity index (χ3v) is 9.61. The van der Waals surface area contributed by atoms with Crippen molar-refractivity contribution in [2.24, 2.45) is 17.3 Å². The van der Waals surface area contributed by atoms with Gasteiger partial charge in [-0.25, -0.2) is 0 Å². The number of nitrogens with zero attached hydrogens (tertiary/aromatic N) is 2. The molecule has 0 aromatic heterocycles. The standard InChI is InChI=1S/C29H40N2O3/c1-28-17-25(19-6-9-21(10-7-19)30(2)3)27-23-13-11-22(32)16-20(23)8-12-24(27)26(28)14-15-29(28,33)31(4)18-34-5/h6-7,9-10,16,24-26,33H,8,11-15,17-18H2,1-5H3/t24-,25+,26-,28-,29+/m0/s1. The van der Waals surface area contributed by atoms with E-state index in [1.165, 1.54) is 22.4 Å². The van der Waals surface area contributed by atoms with Gasteiger partial charge >= 0.3 is 0 Å². The van der Waals surface area contributed by atoms with Crippen LogP contribution in [0.1, 0.15) is 63.4 Å². The van der Waals surface area contributed by atoms with Crippen LogP contribution in [0, 0.1) is 17.3 Å². The van der Waals surface area contributed by atoms with E-state index in [9.17, 15) is 9.90 Å². The van der Waals surface area contributed by atoms with Crippen molar-refractivity contribution in [1.82, 2.24) is 4.90 Å². The van der Waals surface area contributed by atoms with Crippen LogP contribution in [0.2, 0.25) is 0 Å². The van der Waals surface area contributed by atoms with E-state index in [2.05, 4.69) is 50.2 Å². The largest absolute Gasteiger partial charge is 0.378 e. The van der Waals surface area contributed by atoms with Gasteiger partial charge in [0.1, 0.15) is 12.5 Å². The Bertz CT molecular complexity index is 1030. The van der Waals surface area contributed by atoms with Crippen LogP contribution in [0.5, 0.6) is 0 Å². The number of benzene rings is 1. The maximum atomic E-state index is 12.2. The van der Waals surface area contributed by atoms with Crippen LogP contribution in [-0.2, 0) is 9.53 Å². The molecule has 184 valence electrons. The van der Waals surface area contributed by atoms with E-state index >= 15 is 0 Å². The quantitative estimate of drug-likeness (QED) is 0.630. The maximum Gasteiger partial charge on any atom is 0.156 e. The Labute approximate surface area is 204 Å². The number of rotatable bonds is 5. The minimum atomic E-state index is -0.885. The average molecular weight is 465 g/mol. The van der Waals surface area contributed by atoms with Crippen molar-refractivity contribution in [3.05, 3.63) is 52.6 Å². The highest BCUT2D eigenvalue weighted by atomic mass is 16.5. The molecule has 0 saturated heterocycles. The average Bonchev–Trinajstić information content (AvgIpc) is 3.10. The van der Waals surface area contributed by atoms with E-state index in [0.717, 1.165) is 38.5 Å². The number of carbonyl (C=O) groups is 1. The molecule has 0 aliphatic heterocycles. The lowest BCUT2D eigenvalue weighted by Gasteiger charge is -2.56. The second kappa shape index (κ2) is 8.61. The summed E-state index contributed by atoms with van der Waals surface area (Å²) >= 11 is 0. The highest BCUT2D eigenvalue weighted by molar-refractivity contribution is 5.93. The Hall–Kier alpha value is -1.95. The first-order valence-corrected chi connectivity index (χ1v) is 12.9. The molecule has 0 spiro atoms. The predicted molar refractivity (Wildman–Crippen MR) is 136 cm³/mol. The molecule has 5 nitrogen and oxygen atoms in total. The molecule has 5 atom stereocenters. The van der Waals surface area contributed by atoms with Crippen molar-refractivity contribution < 1.29 is 14.6 Å². The molecule has 1 N–H and O–H groups in total. The Morgan fingerprint density at radius 1 is 1.09 bits per heavy atom. The van der Waals surface area contributed by atoms with Crippen LogP contribution in [0.3, 0.4) is 0 Å². The van der Waals surface area contributed by atoms with Crippen LogP contribution >= 0.6 is 0 Å². The number of hydrogen-bond acceptors (Lipinski definition) is 5. The molecule has 4 aliphatic carbocycles. The monoisotopic (exact) mass is 464 g/mol. The lowest BCUT2D eigenvalue weighted by Crippen LogP contribution is -2.59. The van der Waals surface area contributed by atoms with Crippen molar-refractivity contribution in [3.63, 3.8) is 0 Å². The van der Waals surface area contributed by atoms with Gasteiger partial charge in [0.05, 0.1) is 0 Å². The number of ether oxygens (including phenoxy) is 1. The minimum absolute atomic E-state index is 0.231. The van der Waals surface area contributed by atoms with Crippen LogP contribution in [0.4, 0.5) is 5.69 Å². The Kier molecular flexibility index (Phi) is 6.02. The van der Waals surface area contributed by atoms with E-state index in [0.29, 0.717) is 25.0 Å². The van der Waals surface area contributed by atoms with Crippen LogP contribution in [-0.4, -0.2) is 56.5 Å². The van der Waals surface area contributed by atoms with Crippen LogP contribution in [0.15, 0.2) is 47.1 Å². The van der Waals surface area contributed by atoms with E-state index in [1.54, 1.807) is 12.7 Å². The van der Waals surface area contributed by atoms with Crippen molar-refractivity contribution in [3.8, 4) is 0 Å². The smallest absolute Gasteiger partial charge is 0.156 e. The number of ketones is 1. The molecule has 4 aliphatic rings. The van der Waals surface area contributed by atoms with Crippen molar-refractivity contribution in [1.29, 1.82) is 0 Å². The summed E-state index contributed by atoms with van der Waals surface area (Å²) in [5, 5.41) is 12.2. The zero-order valence-corrected chi connectivity index (χ0v) is 21.4. The highest BCUT2D eigenvalue weighted by Gasteiger charge is 2.64. The molecule has 1 aromatic rings. The molecule has 2 fully saturated rings. The van der Waals surface area contributed by atoms with E-state index in [1.807, 2.05) is 18.0 Å². The number of methoxy groups -OCH3 is 1. The van der Waals surface area contributed by atoms with Crippen LogP contribution < -0.4 is 4.90 Å². The fourth-order valence-corrected chi connectivity index (χ4v) is 7.87. The molecular weight excluding hydrogens is 424 g/mol. The molecule has 0 radical (unpaired) electrons. The fraction of sp³-hybridized carbons (Fsp3) is 0.621. The lowest BCUT2D eigenvalue weighted by atomic mass is 9.52. The molecule has 1 aromatic carbocycles. The molecule has 0 heterocycles. The highest BCUT2D eigenvalue weighted by Crippen LogP contribution is 2.67. The van der Waals surface area contributed by atoms with Gasteiger partial charge in [0.2, 0.25) is 0 Å². The summed E-state index contributed by atoms with van der Waals surface area (Å²) in [6.45, 7) is 2.75. The van der Waals surface area contributed by atoms with Gasteiger partial charge in [0.15, 0.2) is 5.78 Å². The second-order valence-electron chi connectivity index (χ2n) is 11.5. The van der Waals surface area contributed by atoms with Gasteiger partial charge in [-0.3, -0.25) is 9.69 Å². The summed E-state index contributed by atoms with van der Waals surface area (Å²) in [4.78, 5) is 16.4. The summed E-state index contributed by atoms with van der Waals surface area (Å²) in [7, 11) is 7.85. The Morgan fingerprint density at radius 2 is 1.82 bits per heavy atom. The fourth-order valence-electron chi connectivity index (χ4n) is 7.87. The van der Waals surface area contributed by atoms with Gasteiger partial charge in [-0.1, -0.05) is 24.6 Å². The molecular formula is C29H40N2O3. The number of aliphatic hydroxyl groups is 1. The predicted octanol–water partition coefficient (Wildman–Crippen LogP) is 4.88.